The molecule has 0 bridgehead atoms. The molecule has 1 atom stereocenters. The molecule has 2 aliphatic rings. The van der Waals surface area contributed by atoms with Crippen molar-refractivity contribution in [3.05, 3.63) is 71.8 Å². The molecule has 1 heterocycles. The zero-order chi connectivity index (χ0) is 19.3. The standard InChI is InChI=1S/C23H27N3O2/c27-22(24-20-12-13-20)21(18-8-3-1-4-9-18)25-14-7-15-26(17-16-25)23(28)19-10-5-2-6-11-19/h1-6,8-11,20-21H,7,12-17H2,(H,24,27). The maximum absolute atomic E-state index is 13.0. The third kappa shape index (κ3) is 4.42. The minimum atomic E-state index is -0.298. The van der Waals surface area contributed by atoms with Gasteiger partial charge in [0.1, 0.15) is 6.04 Å². The summed E-state index contributed by atoms with van der Waals surface area (Å²) in [7, 11) is 0. The first-order chi connectivity index (χ1) is 13.7. The lowest BCUT2D eigenvalue weighted by atomic mass is 10.0. The fraction of sp³-hybridized carbons (Fsp3) is 0.391. The van der Waals surface area contributed by atoms with Gasteiger partial charge in [0, 0.05) is 37.8 Å². The molecule has 28 heavy (non-hydrogen) atoms. The van der Waals surface area contributed by atoms with Gasteiger partial charge in [0.2, 0.25) is 5.91 Å². The zero-order valence-electron chi connectivity index (χ0n) is 16.1. The van der Waals surface area contributed by atoms with Crippen molar-refractivity contribution in [1.29, 1.82) is 0 Å². The van der Waals surface area contributed by atoms with Crippen LogP contribution in [0, 0.1) is 0 Å². The molecule has 0 radical (unpaired) electrons. The summed E-state index contributed by atoms with van der Waals surface area (Å²) in [4.78, 5) is 30.0. The number of rotatable bonds is 5. The van der Waals surface area contributed by atoms with Crippen molar-refractivity contribution in [1.82, 2.24) is 15.1 Å². The molecule has 1 aliphatic heterocycles. The number of amides is 2. The van der Waals surface area contributed by atoms with E-state index >= 15 is 0 Å². The first-order valence-electron chi connectivity index (χ1n) is 10.2. The van der Waals surface area contributed by atoms with Gasteiger partial charge in [0.15, 0.2) is 0 Å². The van der Waals surface area contributed by atoms with E-state index < -0.39 is 0 Å². The van der Waals surface area contributed by atoms with Gasteiger partial charge in [-0.05, 0) is 37.0 Å². The molecule has 1 saturated carbocycles. The molecule has 5 nitrogen and oxygen atoms in total. The third-order valence-electron chi connectivity index (χ3n) is 5.49. The Morgan fingerprint density at radius 1 is 0.857 bits per heavy atom. The van der Waals surface area contributed by atoms with Crippen molar-refractivity contribution in [3.8, 4) is 0 Å². The highest BCUT2D eigenvalue weighted by atomic mass is 16.2. The second-order valence-electron chi connectivity index (χ2n) is 7.64. The average molecular weight is 377 g/mol. The minimum absolute atomic E-state index is 0.0705. The summed E-state index contributed by atoms with van der Waals surface area (Å²) in [6, 6.07) is 19.5. The predicted octanol–water partition coefficient (Wildman–Crippen LogP) is 2.85. The van der Waals surface area contributed by atoms with Gasteiger partial charge >= 0.3 is 0 Å². The Hall–Kier alpha value is -2.66. The van der Waals surface area contributed by atoms with Crippen molar-refractivity contribution in [2.75, 3.05) is 26.2 Å². The number of nitrogens with zero attached hydrogens (tertiary/aromatic N) is 2. The van der Waals surface area contributed by atoms with Gasteiger partial charge in [0.05, 0.1) is 0 Å². The molecule has 2 amide bonds. The Morgan fingerprint density at radius 2 is 1.54 bits per heavy atom. The van der Waals surface area contributed by atoms with Crippen molar-refractivity contribution >= 4 is 11.8 Å². The Kier molecular flexibility index (Phi) is 5.72. The SMILES string of the molecule is O=C(NC1CC1)C(c1ccccc1)N1CCCN(C(=O)c2ccccc2)CC1. The molecule has 4 rings (SSSR count). The van der Waals surface area contributed by atoms with Crippen molar-refractivity contribution in [2.24, 2.45) is 0 Å². The molecule has 1 N–H and O–H groups in total. The fourth-order valence-corrected chi connectivity index (χ4v) is 3.83. The highest BCUT2D eigenvalue weighted by Gasteiger charge is 2.33. The van der Waals surface area contributed by atoms with Crippen LogP contribution in [0.2, 0.25) is 0 Å². The van der Waals surface area contributed by atoms with Crippen LogP contribution in [0.1, 0.15) is 41.2 Å². The van der Waals surface area contributed by atoms with E-state index in [0.717, 1.165) is 43.5 Å². The van der Waals surface area contributed by atoms with E-state index in [0.29, 0.717) is 19.1 Å². The van der Waals surface area contributed by atoms with Crippen LogP contribution in [0.4, 0.5) is 0 Å². The van der Waals surface area contributed by atoms with Gasteiger partial charge in [-0.25, -0.2) is 0 Å². The van der Waals surface area contributed by atoms with Crippen LogP contribution in [0.5, 0.6) is 0 Å². The van der Waals surface area contributed by atoms with Crippen LogP contribution in [0.25, 0.3) is 0 Å². The lowest BCUT2D eigenvalue weighted by Gasteiger charge is -2.30. The monoisotopic (exact) mass is 377 g/mol. The molecule has 2 aromatic carbocycles. The highest BCUT2D eigenvalue weighted by Crippen LogP contribution is 2.26. The molecule has 1 saturated heterocycles. The van der Waals surface area contributed by atoms with E-state index in [1.165, 1.54) is 0 Å². The lowest BCUT2D eigenvalue weighted by molar-refractivity contribution is -0.126. The molecule has 1 unspecified atom stereocenters. The molecule has 5 heteroatoms. The summed E-state index contributed by atoms with van der Waals surface area (Å²) in [5.41, 5.74) is 1.74. The van der Waals surface area contributed by atoms with E-state index in [1.807, 2.05) is 65.6 Å². The number of carbonyl (C=O) groups is 2. The maximum atomic E-state index is 13.0. The van der Waals surface area contributed by atoms with Gasteiger partial charge in [-0.2, -0.15) is 0 Å². The topological polar surface area (TPSA) is 52.7 Å². The molecule has 2 fully saturated rings. The van der Waals surface area contributed by atoms with Crippen LogP contribution < -0.4 is 5.32 Å². The predicted molar refractivity (Wildman–Crippen MR) is 109 cm³/mol. The van der Waals surface area contributed by atoms with E-state index in [-0.39, 0.29) is 17.9 Å². The van der Waals surface area contributed by atoms with Gasteiger partial charge in [0.25, 0.3) is 5.91 Å². The zero-order valence-corrected chi connectivity index (χ0v) is 16.1. The molecule has 146 valence electrons. The quantitative estimate of drug-likeness (QED) is 0.872. The highest BCUT2D eigenvalue weighted by molar-refractivity contribution is 5.94. The fourth-order valence-electron chi connectivity index (χ4n) is 3.83. The van der Waals surface area contributed by atoms with Crippen LogP contribution in [0.3, 0.4) is 0 Å². The summed E-state index contributed by atoms with van der Waals surface area (Å²) in [6.07, 6.45) is 3.01. The normalized spacial score (nSPS) is 18.9. The van der Waals surface area contributed by atoms with E-state index in [4.69, 9.17) is 0 Å². The maximum Gasteiger partial charge on any atom is 0.253 e. The largest absolute Gasteiger partial charge is 0.352 e. The van der Waals surface area contributed by atoms with Gasteiger partial charge < -0.3 is 10.2 Å². The van der Waals surface area contributed by atoms with Gasteiger partial charge in [-0.1, -0.05) is 48.5 Å². The Balaban J connectivity index is 1.48. The van der Waals surface area contributed by atoms with Crippen molar-refractivity contribution in [3.63, 3.8) is 0 Å². The summed E-state index contributed by atoms with van der Waals surface area (Å²) >= 11 is 0. The van der Waals surface area contributed by atoms with Crippen molar-refractivity contribution in [2.45, 2.75) is 31.3 Å². The lowest BCUT2D eigenvalue weighted by Crippen LogP contribution is -2.43. The van der Waals surface area contributed by atoms with Crippen LogP contribution in [0.15, 0.2) is 60.7 Å². The average Bonchev–Trinajstić information content (AvgIpc) is 3.57. The third-order valence-corrected chi connectivity index (χ3v) is 5.49. The molecular formula is C23H27N3O2. The van der Waals surface area contributed by atoms with Gasteiger partial charge in [-0.15, -0.1) is 0 Å². The first-order valence-corrected chi connectivity index (χ1v) is 10.2. The second-order valence-corrected chi connectivity index (χ2v) is 7.64. The number of carbonyl (C=O) groups excluding carboxylic acids is 2. The van der Waals surface area contributed by atoms with Crippen LogP contribution >= 0.6 is 0 Å². The number of hydrogen-bond donors (Lipinski definition) is 1. The van der Waals surface area contributed by atoms with E-state index in [1.54, 1.807) is 0 Å². The summed E-state index contributed by atoms with van der Waals surface area (Å²) in [5, 5.41) is 3.17. The Labute approximate surface area is 166 Å². The molecule has 1 aliphatic carbocycles. The molecule has 2 aromatic rings. The van der Waals surface area contributed by atoms with Crippen LogP contribution in [-0.4, -0.2) is 53.8 Å². The van der Waals surface area contributed by atoms with Gasteiger partial charge in [-0.3, -0.25) is 14.5 Å². The number of nitrogens with one attached hydrogen (secondary N) is 1. The smallest absolute Gasteiger partial charge is 0.253 e. The first kappa shape index (κ1) is 18.7. The molecule has 0 spiro atoms. The van der Waals surface area contributed by atoms with Crippen molar-refractivity contribution < 1.29 is 9.59 Å². The Bertz CT molecular complexity index is 805. The van der Waals surface area contributed by atoms with E-state index in [9.17, 15) is 9.59 Å². The second kappa shape index (κ2) is 8.57. The Morgan fingerprint density at radius 3 is 2.21 bits per heavy atom. The summed E-state index contributed by atoms with van der Waals surface area (Å²) < 4.78 is 0. The summed E-state index contributed by atoms with van der Waals surface area (Å²) in [6.45, 7) is 2.84. The molecule has 0 aromatic heterocycles. The van der Waals surface area contributed by atoms with E-state index in [2.05, 4.69) is 10.2 Å². The minimum Gasteiger partial charge on any atom is -0.352 e. The number of benzene rings is 2. The number of hydrogen-bond acceptors (Lipinski definition) is 3. The van der Waals surface area contributed by atoms with Crippen LogP contribution in [-0.2, 0) is 4.79 Å². The molecular weight excluding hydrogens is 350 g/mol. The summed E-state index contributed by atoms with van der Waals surface area (Å²) in [5.74, 6) is 0.151.